The van der Waals surface area contributed by atoms with Gasteiger partial charge >= 0.3 is 0 Å². The van der Waals surface area contributed by atoms with Crippen LogP contribution in [0.5, 0.6) is 0 Å². The second-order valence-electron chi connectivity index (χ2n) is 6.34. The van der Waals surface area contributed by atoms with Crippen LogP contribution in [0, 0.1) is 20.8 Å². The second-order valence-corrected chi connectivity index (χ2v) is 6.34. The molecule has 0 saturated carbocycles. The van der Waals surface area contributed by atoms with Gasteiger partial charge in [0, 0.05) is 18.3 Å². The molecule has 0 aliphatic carbocycles. The predicted octanol–water partition coefficient (Wildman–Crippen LogP) is 4.27. The van der Waals surface area contributed by atoms with Gasteiger partial charge in [-0.3, -0.25) is 4.79 Å². The molecule has 2 N–H and O–H groups in total. The third-order valence-corrected chi connectivity index (χ3v) is 4.25. The van der Waals surface area contributed by atoms with E-state index in [4.69, 9.17) is 0 Å². The molecule has 5 heteroatoms. The van der Waals surface area contributed by atoms with Gasteiger partial charge in [-0.1, -0.05) is 42.0 Å². The lowest BCUT2D eigenvalue weighted by molar-refractivity contribution is 0.102. The number of nitrogens with one attached hydrogen (secondary N) is 2. The van der Waals surface area contributed by atoms with Crippen LogP contribution < -0.4 is 10.6 Å². The van der Waals surface area contributed by atoms with Crippen molar-refractivity contribution in [2.24, 2.45) is 0 Å². The van der Waals surface area contributed by atoms with Crippen LogP contribution in [0.2, 0.25) is 0 Å². The molecule has 0 saturated heterocycles. The van der Waals surface area contributed by atoms with Gasteiger partial charge in [0.2, 0.25) is 0 Å². The van der Waals surface area contributed by atoms with Crippen LogP contribution in [0.25, 0.3) is 0 Å². The molecule has 0 aliphatic heterocycles. The van der Waals surface area contributed by atoms with Gasteiger partial charge in [0.15, 0.2) is 0 Å². The molecule has 0 bridgehead atoms. The van der Waals surface area contributed by atoms with Gasteiger partial charge < -0.3 is 10.6 Å². The molecule has 1 amide bonds. The highest BCUT2D eigenvalue weighted by Crippen LogP contribution is 2.17. The zero-order valence-corrected chi connectivity index (χ0v) is 15.2. The lowest BCUT2D eigenvalue weighted by Gasteiger charge is -2.10. The normalized spacial score (nSPS) is 10.4. The topological polar surface area (TPSA) is 66.9 Å². The Morgan fingerprint density at radius 2 is 1.77 bits per heavy atom. The van der Waals surface area contributed by atoms with Crippen LogP contribution in [0.4, 0.5) is 11.5 Å². The minimum Gasteiger partial charge on any atom is -0.366 e. The van der Waals surface area contributed by atoms with Gasteiger partial charge in [-0.25, -0.2) is 9.97 Å². The molecule has 2 aromatic carbocycles. The number of aromatic nitrogens is 2. The molecular formula is C21H22N4O. The maximum absolute atomic E-state index is 12.5. The summed E-state index contributed by atoms with van der Waals surface area (Å²) in [5, 5.41) is 6.16. The van der Waals surface area contributed by atoms with Gasteiger partial charge in [0.05, 0.1) is 0 Å². The van der Waals surface area contributed by atoms with Crippen molar-refractivity contribution < 1.29 is 4.79 Å². The fourth-order valence-electron chi connectivity index (χ4n) is 2.71. The number of nitrogens with zero attached hydrogens (tertiary/aromatic N) is 2. The average molecular weight is 346 g/mol. The van der Waals surface area contributed by atoms with Crippen LogP contribution in [0.15, 0.2) is 54.9 Å². The van der Waals surface area contributed by atoms with Gasteiger partial charge in [0.1, 0.15) is 17.8 Å². The summed E-state index contributed by atoms with van der Waals surface area (Å²) in [5.41, 5.74) is 5.69. The van der Waals surface area contributed by atoms with Crippen molar-refractivity contribution in [2.45, 2.75) is 27.3 Å². The number of anilines is 2. The minimum atomic E-state index is -0.252. The Morgan fingerprint density at radius 1 is 0.962 bits per heavy atom. The summed E-state index contributed by atoms with van der Waals surface area (Å²) in [6.45, 7) is 6.70. The number of amides is 1. The molecule has 0 atom stereocenters. The van der Waals surface area contributed by atoms with E-state index in [1.54, 1.807) is 6.07 Å². The predicted molar refractivity (Wildman–Crippen MR) is 104 cm³/mol. The SMILES string of the molecule is Cc1ccc(NC(=O)c2cc(NCc3ccccc3C)ncn2)c(C)c1. The molecule has 0 radical (unpaired) electrons. The first-order chi connectivity index (χ1) is 12.5. The van der Waals surface area contributed by atoms with Crippen LogP contribution in [-0.4, -0.2) is 15.9 Å². The smallest absolute Gasteiger partial charge is 0.274 e. The van der Waals surface area contributed by atoms with E-state index in [0.29, 0.717) is 18.1 Å². The molecule has 5 nitrogen and oxygen atoms in total. The van der Waals surface area contributed by atoms with Crippen LogP contribution >= 0.6 is 0 Å². The number of carbonyl (C=O) groups is 1. The van der Waals surface area contributed by atoms with Crippen molar-refractivity contribution in [2.75, 3.05) is 10.6 Å². The second kappa shape index (κ2) is 7.78. The maximum Gasteiger partial charge on any atom is 0.274 e. The summed E-state index contributed by atoms with van der Waals surface area (Å²) in [5.74, 6) is 0.368. The monoisotopic (exact) mass is 346 g/mol. The summed E-state index contributed by atoms with van der Waals surface area (Å²) in [6.07, 6.45) is 1.40. The highest BCUT2D eigenvalue weighted by molar-refractivity contribution is 6.03. The molecule has 1 aromatic heterocycles. The number of hydrogen-bond donors (Lipinski definition) is 2. The fraction of sp³-hybridized carbons (Fsp3) is 0.190. The average Bonchev–Trinajstić information content (AvgIpc) is 2.63. The molecule has 0 aliphatic rings. The maximum atomic E-state index is 12.5. The zero-order valence-electron chi connectivity index (χ0n) is 15.2. The first kappa shape index (κ1) is 17.6. The molecule has 3 aromatic rings. The highest BCUT2D eigenvalue weighted by Gasteiger charge is 2.11. The van der Waals surface area contributed by atoms with Crippen molar-refractivity contribution in [1.29, 1.82) is 0 Å². The number of hydrogen-bond acceptors (Lipinski definition) is 4. The van der Waals surface area contributed by atoms with Crippen LogP contribution in [-0.2, 0) is 6.54 Å². The number of aryl methyl sites for hydroxylation is 3. The molecule has 132 valence electrons. The van der Waals surface area contributed by atoms with Gasteiger partial charge in [0.25, 0.3) is 5.91 Å². The van der Waals surface area contributed by atoms with E-state index in [-0.39, 0.29) is 5.91 Å². The van der Waals surface area contributed by atoms with Crippen molar-refractivity contribution in [3.05, 3.63) is 82.8 Å². The van der Waals surface area contributed by atoms with Crippen molar-refractivity contribution in [1.82, 2.24) is 9.97 Å². The van der Waals surface area contributed by atoms with E-state index in [0.717, 1.165) is 16.8 Å². The first-order valence-electron chi connectivity index (χ1n) is 8.52. The van der Waals surface area contributed by atoms with Gasteiger partial charge in [-0.2, -0.15) is 0 Å². The number of benzene rings is 2. The summed E-state index contributed by atoms with van der Waals surface area (Å²) >= 11 is 0. The third kappa shape index (κ3) is 4.25. The Morgan fingerprint density at radius 3 is 2.54 bits per heavy atom. The Bertz CT molecular complexity index is 937. The first-order valence-corrected chi connectivity index (χ1v) is 8.52. The number of carbonyl (C=O) groups excluding carboxylic acids is 1. The molecule has 0 unspecified atom stereocenters. The Kier molecular flexibility index (Phi) is 5.27. The van der Waals surface area contributed by atoms with E-state index in [9.17, 15) is 4.79 Å². The third-order valence-electron chi connectivity index (χ3n) is 4.25. The summed E-state index contributed by atoms with van der Waals surface area (Å²) in [7, 11) is 0. The van der Waals surface area contributed by atoms with Crippen LogP contribution in [0.1, 0.15) is 32.7 Å². The van der Waals surface area contributed by atoms with E-state index in [1.807, 2.05) is 44.2 Å². The molecule has 3 rings (SSSR count). The van der Waals surface area contributed by atoms with E-state index in [1.165, 1.54) is 17.5 Å². The summed E-state index contributed by atoms with van der Waals surface area (Å²) in [4.78, 5) is 20.8. The standard InChI is InChI=1S/C21H22N4O/c1-14-8-9-18(16(3)10-14)25-21(26)19-11-20(24-13-23-19)22-12-17-7-5-4-6-15(17)2/h4-11,13H,12H2,1-3H3,(H,25,26)(H,22,23,24). The lowest BCUT2D eigenvalue weighted by Crippen LogP contribution is -2.15. The van der Waals surface area contributed by atoms with Gasteiger partial charge in [-0.05, 0) is 43.5 Å². The number of rotatable bonds is 5. The highest BCUT2D eigenvalue weighted by atomic mass is 16.1. The fourth-order valence-corrected chi connectivity index (χ4v) is 2.71. The molecule has 1 heterocycles. The van der Waals surface area contributed by atoms with E-state index >= 15 is 0 Å². The molecule has 26 heavy (non-hydrogen) atoms. The van der Waals surface area contributed by atoms with Crippen molar-refractivity contribution in [3.63, 3.8) is 0 Å². The quantitative estimate of drug-likeness (QED) is 0.724. The summed E-state index contributed by atoms with van der Waals surface area (Å²) < 4.78 is 0. The largest absolute Gasteiger partial charge is 0.366 e. The lowest BCUT2D eigenvalue weighted by atomic mass is 10.1. The minimum absolute atomic E-state index is 0.252. The van der Waals surface area contributed by atoms with Crippen molar-refractivity contribution in [3.8, 4) is 0 Å². The molecule has 0 spiro atoms. The zero-order chi connectivity index (χ0) is 18.5. The van der Waals surface area contributed by atoms with Crippen molar-refractivity contribution >= 4 is 17.4 Å². The molecular weight excluding hydrogens is 324 g/mol. The molecule has 0 fully saturated rings. The Hall–Kier alpha value is -3.21. The van der Waals surface area contributed by atoms with Crippen LogP contribution in [0.3, 0.4) is 0 Å². The van der Waals surface area contributed by atoms with Gasteiger partial charge in [-0.15, -0.1) is 0 Å². The van der Waals surface area contributed by atoms with E-state index < -0.39 is 0 Å². The Balaban J connectivity index is 1.70. The Labute approximate surface area is 153 Å². The van der Waals surface area contributed by atoms with E-state index in [2.05, 4.69) is 39.7 Å². The summed E-state index contributed by atoms with van der Waals surface area (Å²) in [6, 6.07) is 15.7.